The van der Waals surface area contributed by atoms with E-state index in [0.717, 1.165) is 30.8 Å². The van der Waals surface area contributed by atoms with Crippen molar-refractivity contribution in [1.29, 1.82) is 0 Å². The normalized spacial score (nSPS) is 23.4. The lowest BCUT2D eigenvalue weighted by Crippen LogP contribution is -2.54. The van der Waals surface area contributed by atoms with Gasteiger partial charge in [-0.05, 0) is 83.6 Å². The number of allylic oxidation sites excluding steroid dienone is 4. The Bertz CT molecular complexity index is 1120. The van der Waals surface area contributed by atoms with Crippen LogP contribution in [0.1, 0.15) is 46.2 Å². The molecule has 3 heterocycles. The van der Waals surface area contributed by atoms with Crippen molar-refractivity contribution >= 4 is 34.5 Å². The van der Waals surface area contributed by atoms with Crippen LogP contribution >= 0.6 is 22.9 Å². The lowest BCUT2D eigenvalue weighted by atomic mass is 9.81. The highest BCUT2D eigenvalue weighted by Gasteiger charge is 2.48. The second-order valence-corrected chi connectivity index (χ2v) is 11.1. The topological polar surface area (TPSA) is 61.2 Å². The van der Waals surface area contributed by atoms with Crippen LogP contribution in [0.25, 0.3) is 5.70 Å². The number of aromatic nitrogens is 1. The Morgan fingerprint density at radius 2 is 1.95 bits per heavy atom. The first kappa shape index (κ1) is 32.7. The zero-order valence-corrected chi connectivity index (χ0v) is 26.7. The number of fused-ring (bicyclic) bond motifs is 2. The first-order chi connectivity index (χ1) is 18.6. The van der Waals surface area contributed by atoms with Crippen molar-refractivity contribution in [3.63, 3.8) is 0 Å². The first-order valence-corrected chi connectivity index (χ1v) is 14.5. The molecular weight excluding hydrogens is 603 g/mol. The van der Waals surface area contributed by atoms with E-state index in [1.54, 1.807) is 26.2 Å². The van der Waals surface area contributed by atoms with Crippen molar-refractivity contribution < 1.29 is 14.6 Å². The number of carbonyl (C=O) groups is 1. The summed E-state index contributed by atoms with van der Waals surface area (Å²) in [6, 6.07) is 4.31. The van der Waals surface area contributed by atoms with Gasteiger partial charge >= 0.3 is 0 Å². The first-order valence-electron chi connectivity index (χ1n) is 13.5. The molecule has 214 valence electrons. The monoisotopic (exact) mass is 648 g/mol. The Morgan fingerprint density at radius 3 is 2.46 bits per heavy atom. The number of methoxy groups -OCH3 is 1. The third-order valence-corrected chi connectivity index (χ3v) is 8.79. The highest BCUT2D eigenvalue weighted by molar-refractivity contribution is 14.1. The van der Waals surface area contributed by atoms with Gasteiger partial charge < -0.3 is 27.3 Å². The summed E-state index contributed by atoms with van der Waals surface area (Å²) in [5.41, 5.74) is 3.41. The third-order valence-electron chi connectivity index (χ3n) is 7.35. The van der Waals surface area contributed by atoms with Crippen LogP contribution in [-0.2, 0) is 15.1 Å². The van der Waals surface area contributed by atoms with Crippen LogP contribution < -0.4 is 0 Å². The number of hydrogen-bond acceptors (Lipinski definition) is 5. The van der Waals surface area contributed by atoms with Gasteiger partial charge in [-0.2, -0.15) is 0 Å². The van der Waals surface area contributed by atoms with Gasteiger partial charge in [0.25, 0.3) is 0 Å². The Kier molecular flexibility index (Phi) is 12.9. The fourth-order valence-electron chi connectivity index (χ4n) is 5.03. The smallest absolute Gasteiger partial charge is 0.230 e. The number of aliphatic hydroxyl groups is 1. The van der Waals surface area contributed by atoms with E-state index in [2.05, 4.69) is 106 Å². The van der Waals surface area contributed by atoms with Crippen molar-refractivity contribution in [1.82, 2.24) is 17.5 Å². The van der Waals surface area contributed by atoms with Crippen molar-refractivity contribution in [2.45, 2.75) is 46.1 Å². The summed E-state index contributed by atoms with van der Waals surface area (Å²) >= 11 is 2.44. The predicted octanol–water partition coefficient (Wildman–Crippen LogP) is 5.83. The van der Waals surface area contributed by atoms with E-state index in [-0.39, 0.29) is 29.0 Å². The van der Waals surface area contributed by atoms with E-state index in [0.29, 0.717) is 19.7 Å². The molecule has 1 saturated heterocycles. The van der Waals surface area contributed by atoms with Crippen molar-refractivity contribution in [2.75, 3.05) is 47.4 Å². The Labute approximate surface area is 249 Å². The molecule has 1 amide bonds. The number of terminal acetylenes is 1. The molecule has 1 fully saturated rings. The maximum absolute atomic E-state index is 13.2. The maximum atomic E-state index is 13.2. The van der Waals surface area contributed by atoms with Gasteiger partial charge in [0, 0.05) is 32.1 Å². The van der Waals surface area contributed by atoms with Crippen molar-refractivity contribution in [2.24, 2.45) is 11.8 Å². The van der Waals surface area contributed by atoms with Gasteiger partial charge in [-0.1, -0.05) is 26.0 Å². The Hall–Kier alpha value is -2.48. The number of ether oxygens (including phenoxy) is 1. The summed E-state index contributed by atoms with van der Waals surface area (Å²) in [4.78, 5) is 17.3. The summed E-state index contributed by atoms with van der Waals surface area (Å²) in [6.07, 6.45) is 18.0. The van der Waals surface area contributed by atoms with Gasteiger partial charge in [-0.25, -0.2) is 0 Å². The van der Waals surface area contributed by atoms with Crippen LogP contribution in [0.5, 0.6) is 0 Å². The van der Waals surface area contributed by atoms with Crippen LogP contribution in [0.3, 0.4) is 0 Å². The minimum atomic E-state index is -0.206. The Morgan fingerprint density at radius 1 is 1.33 bits per heavy atom. The zero-order valence-electron chi connectivity index (χ0n) is 24.5. The second kappa shape index (κ2) is 15.3. The predicted molar refractivity (Wildman–Crippen MR) is 169 cm³/mol. The molecule has 1 aromatic heterocycles. The van der Waals surface area contributed by atoms with Crippen molar-refractivity contribution in [3.8, 4) is 12.3 Å². The Balaban J connectivity index is 0.000000590. The molecule has 7 nitrogen and oxygen atoms in total. The highest BCUT2D eigenvalue weighted by Crippen LogP contribution is 2.50. The molecule has 3 aliphatic rings. The number of piperidine rings is 1. The van der Waals surface area contributed by atoms with E-state index >= 15 is 0 Å². The summed E-state index contributed by atoms with van der Waals surface area (Å²) in [7, 11) is 5.82. The molecule has 4 rings (SSSR count). The number of amides is 1. The molecule has 39 heavy (non-hydrogen) atoms. The zero-order chi connectivity index (χ0) is 29.2. The quantitative estimate of drug-likeness (QED) is 0.253. The van der Waals surface area contributed by atoms with Crippen LogP contribution in [0, 0.1) is 24.2 Å². The molecule has 1 spiro atoms. The summed E-state index contributed by atoms with van der Waals surface area (Å²) in [6.45, 7) is 10.9. The van der Waals surface area contributed by atoms with Gasteiger partial charge in [0.05, 0.1) is 52.3 Å². The van der Waals surface area contributed by atoms with E-state index < -0.39 is 0 Å². The van der Waals surface area contributed by atoms with E-state index in [1.165, 1.54) is 5.69 Å². The fourth-order valence-corrected chi connectivity index (χ4v) is 6.21. The van der Waals surface area contributed by atoms with Gasteiger partial charge in [0.15, 0.2) is 0 Å². The van der Waals surface area contributed by atoms with Gasteiger partial charge in [0.2, 0.25) is 5.91 Å². The molecule has 1 N–H and O–H groups in total. The molecule has 2 aliphatic heterocycles. The fraction of sp³-hybridized carbons (Fsp3) is 0.516. The average Bonchev–Trinajstić information content (AvgIpc) is 3.41. The summed E-state index contributed by atoms with van der Waals surface area (Å²) in [5.74, 6) is 2.44. The maximum Gasteiger partial charge on any atom is 0.230 e. The third kappa shape index (κ3) is 7.59. The van der Waals surface area contributed by atoms with E-state index in [9.17, 15) is 9.90 Å². The SMILES string of the molecule is C#CC.C/C=C1\C(=C/COC)N(I)C2(CCN(C(=O)C3C=CC(O)=CC3C)CC2)c2cccn21.CCN(C)C. The summed E-state index contributed by atoms with van der Waals surface area (Å²) in [5, 5.41) is 9.71. The van der Waals surface area contributed by atoms with E-state index in [1.807, 2.05) is 17.9 Å². The highest BCUT2D eigenvalue weighted by atomic mass is 127. The van der Waals surface area contributed by atoms with Gasteiger partial charge in [0.1, 0.15) is 5.76 Å². The standard InChI is InChI=1S/C24H30IN3O3.C4H11N.C3H4/c1-4-20-21(9-15-31-3)28(25)24(22-6-5-12-27(20)22)10-13-26(14-11-24)23(30)19-8-7-18(29)16-17(19)2;1-4-5(2)3;1-3-2/h4-9,12,16-17,19,29H,10-11,13-15H2,1-3H3;4H2,1-3H3;1H,2H3/b20-4+,21-9+;;. The number of hydrogen-bond donors (Lipinski definition) is 1. The molecule has 1 aromatic rings. The van der Waals surface area contributed by atoms with Gasteiger partial charge in [-0.3, -0.25) is 4.79 Å². The molecule has 0 radical (unpaired) electrons. The molecule has 0 aromatic carbocycles. The molecular formula is C31H45IN4O3. The largest absolute Gasteiger partial charge is 0.508 e. The molecule has 1 aliphatic carbocycles. The number of aliphatic hydroxyl groups excluding tert-OH is 1. The van der Waals surface area contributed by atoms with Crippen LogP contribution in [0.2, 0.25) is 0 Å². The van der Waals surface area contributed by atoms with Crippen LogP contribution in [-0.4, -0.2) is 75.9 Å². The van der Waals surface area contributed by atoms with Crippen LogP contribution in [0.4, 0.5) is 0 Å². The number of halogens is 1. The minimum Gasteiger partial charge on any atom is -0.508 e. The number of likely N-dealkylation sites (tertiary alicyclic amines) is 1. The molecule has 0 bridgehead atoms. The summed E-state index contributed by atoms with van der Waals surface area (Å²) < 4.78 is 9.99. The molecule has 2 atom stereocenters. The van der Waals surface area contributed by atoms with Gasteiger partial charge in [-0.15, -0.1) is 12.3 Å². The van der Waals surface area contributed by atoms with Crippen molar-refractivity contribution in [3.05, 3.63) is 65.9 Å². The minimum absolute atomic E-state index is 0.00204. The number of nitrogens with zero attached hydrogens (tertiary/aromatic N) is 4. The molecule has 0 saturated carbocycles. The van der Waals surface area contributed by atoms with E-state index in [4.69, 9.17) is 4.74 Å². The number of rotatable bonds is 4. The average molecular weight is 649 g/mol. The lowest BCUT2D eigenvalue weighted by Gasteiger charge is -2.51. The van der Waals surface area contributed by atoms with Crippen LogP contribution in [0.15, 0.2) is 60.2 Å². The number of carbonyl (C=O) groups excluding carboxylic acids is 1. The molecule has 2 unspecified atom stereocenters. The lowest BCUT2D eigenvalue weighted by molar-refractivity contribution is -0.137. The molecule has 8 heteroatoms. The second-order valence-electron chi connectivity index (χ2n) is 10.1.